The molecule has 1 rings (SSSR count). The average molecular weight is 207 g/mol. The summed E-state index contributed by atoms with van der Waals surface area (Å²) in [5.41, 5.74) is 6.73. The molecule has 1 aromatic carbocycles. The summed E-state index contributed by atoms with van der Waals surface area (Å²) >= 11 is 0. The fraction of sp³-hybridized carbons (Fsp3) is 0.417. The zero-order chi connectivity index (χ0) is 11.5. The summed E-state index contributed by atoms with van der Waals surface area (Å²) in [5, 5.41) is 0. The first kappa shape index (κ1) is 11.6. The molecule has 0 spiro atoms. The Balaban J connectivity index is 2.55. The molecule has 0 unspecified atom stereocenters. The second-order valence-electron chi connectivity index (χ2n) is 4.50. The summed E-state index contributed by atoms with van der Waals surface area (Å²) in [7, 11) is 0. The predicted octanol–water partition coefficient (Wildman–Crippen LogP) is 2.15. The van der Waals surface area contributed by atoms with Crippen molar-refractivity contribution in [3.63, 3.8) is 0 Å². The van der Waals surface area contributed by atoms with Gasteiger partial charge in [0.2, 0.25) is 0 Å². The van der Waals surface area contributed by atoms with Gasteiger partial charge in [-0.1, -0.05) is 12.1 Å². The number of carbonyl (C=O) groups excluding carboxylic acids is 1. The molecule has 0 amide bonds. The third-order valence-electron chi connectivity index (χ3n) is 1.75. The van der Waals surface area contributed by atoms with E-state index in [1.54, 1.807) is 12.1 Å². The molecule has 0 bridgehead atoms. The van der Waals surface area contributed by atoms with Gasteiger partial charge in [-0.05, 0) is 38.5 Å². The maximum atomic E-state index is 11.5. The van der Waals surface area contributed by atoms with Crippen LogP contribution in [0.2, 0.25) is 0 Å². The van der Waals surface area contributed by atoms with Gasteiger partial charge >= 0.3 is 5.97 Å². The Hall–Kier alpha value is -1.51. The minimum Gasteiger partial charge on any atom is -0.460 e. The number of benzene rings is 1. The molecule has 0 aliphatic heterocycles. The lowest BCUT2D eigenvalue weighted by atomic mass is 10.1. The number of rotatable bonds is 2. The van der Waals surface area contributed by atoms with Crippen LogP contribution in [0, 0.1) is 0 Å². The van der Waals surface area contributed by atoms with Crippen molar-refractivity contribution in [1.29, 1.82) is 0 Å². The number of hydrogen-bond acceptors (Lipinski definition) is 3. The average Bonchev–Trinajstić information content (AvgIpc) is 2.05. The molecule has 3 nitrogen and oxygen atoms in total. The second-order valence-corrected chi connectivity index (χ2v) is 4.50. The molecule has 0 heterocycles. The van der Waals surface area contributed by atoms with Gasteiger partial charge in [0, 0.05) is 5.69 Å². The van der Waals surface area contributed by atoms with E-state index in [-0.39, 0.29) is 12.4 Å². The third kappa shape index (κ3) is 4.49. The lowest BCUT2D eigenvalue weighted by Gasteiger charge is -2.19. The molecule has 0 fully saturated rings. The van der Waals surface area contributed by atoms with E-state index in [0.29, 0.717) is 5.69 Å². The van der Waals surface area contributed by atoms with Crippen LogP contribution < -0.4 is 5.73 Å². The van der Waals surface area contributed by atoms with E-state index in [1.165, 1.54) is 0 Å². The fourth-order valence-corrected chi connectivity index (χ4v) is 1.18. The van der Waals surface area contributed by atoms with Crippen LogP contribution in [0.3, 0.4) is 0 Å². The summed E-state index contributed by atoms with van der Waals surface area (Å²) < 4.78 is 5.20. The Morgan fingerprint density at radius 2 is 1.80 bits per heavy atom. The summed E-state index contributed by atoms with van der Waals surface area (Å²) in [6.45, 7) is 5.57. The van der Waals surface area contributed by atoms with Crippen molar-refractivity contribution in [2.45, 2.75) is 32.8 Å². The first-order valence-corrected chi connectivity index (χ1v) is 4.93. The van der Waals surface area contributed by atoms with Gasteiger partial charge in [-0.25, -0.2) is 0 Å². The van der Waals surface area contributed by atoms with Crippen molar-refractivity contribution in [1.82, 2.24) is 0 Å². The summed E-state index contributed by atoms with van der Waals surface area (Å²) in [4.78, 5) is 11.5. The molecule has 0 aliphatic rings. The highest BCUT2D eigenvalue weighted by Crippen LogP contribution is 2.11. The largest absolute Gasteiger partial charge is 0.460 e. The highest BCUT2D eigenvalue weighted by molar-refractivity contribution is 5.73. The smallest absolute Gasteiger partial charge is 0.310 e. The van der Waals surface area contributed by atoms with Crippen molar-refractivity contribution in [3.8, 4) is 0 Å². The minimum absolute atomic E-state index is 0.215. The third-order valence-corrected chi connectivity index (χ3v) is 1.75. The molecule has 0 aliphatic carbocycles. The Morgan fingerprint density at radius 1 is 1.27 bits per heavy atom. The van der Waals surface area contributed by atoms with Crippen LogP contribution in [0.5, 0.6) is 0 Å². The Kier molecular flexibility index (Phi) is 3.35. The standard InChI is InChI=1S/C12H17NO2/c1-12(2,3)15-11(14)8-9-4-6-10(13)7-5-9/h4-7H,8,13H2,1-3H3. The van der Waals surface area contributed by atoms with Crippen molar-refractivity contribution < 1.29 is 9.53 Å². The number of nitrogen functional groups attached to an aromatic ring is 1. The number of ether oxygens (including phenoxy) is 1. The maximum Gasteiger partial charge on any atom is 0.310 e. The quantitative estimate of drug-likeness (QED) is 0.597. The predicted molar refractivity (Wildman–Crippen MR) is 60.4 cm³/mol. The Morgan fingerprint density at radius 3 is 2.27 bits per heavy atom. The van der Waals surface area contributed by atoms with E-state index in [4.69, 9.17) is 10.5 Å². The summed E-state index contributed by atoms with van der Waals surface area (Å²) in [6, 6.07) is 7.22. The zero-order valence-electron chi connectivity index (χ0n) is 9.41. The number of nitrogens with two attached hydrogens (primary N) is 1. The van der Waals surface area contributed by atoms with Crippen molar-refractivity contribution >= 4 is 11.7 Å². The number of esters is 1. The molecule has 0 atom stereocenters. The number of anilines is 1. The van der Waals surface area contributed by atoms with Crippen LogP contribution in [0.1, 0.15) is 26.3 Å². The van der Waals surface area contributed by atoms with Crippen LogP contribution >= 0.6 is 0 Å². The number of hydrogen-bond donors (Lipinski definition) is 1. The first-order valence-electron chi connectivity index (χ1n) is 4.93. The molecule has 82 valence electrons. The van der Waals surface area contributed by atoms with Crippen LogP contribution in [0.25, 0.3) is 0 Å². The highest BCUT2D eigenvalue weighted by Gasteiger charge is 2.16. The van der Waals surface area contributed by atoms with Gasteiger partial charge in [0.1, 0.15) is 5.60 Å². The summed E-state index contributed by atoms with van der Waals surface area (Å²) in [5.74, 6) is -0.215. The van der Waals surface area contributed by atoms with E-state index in [1.807, 2.05) is 32.9 Å². The molecule has 2 N–H and O–H groups in total. The Labute approximate surface area is 90.2 Å². The minimum atomic E-state index is -0.426. The molecule has 0 radical (unpaired) electrons. The van der Waals surface area contributed by atoms with Crippen LogP contribution in [0.4, 0.5) is 5.69 Å². The van der Waals surface area contributed by atoms with Gasteiger partial charge in [0.15, 0.2) is 0 Å². The van der Waals surface area contributed by atoms with Gasteiger partial charge in [-0.15, -0.1) is 0 Å². The molecule has 15 heavy (non-hydrogen) atoms. The topological polar surface area (TPSA) is 52.3 Å². The zero-order valence-corrected chi connectivity index (χ0v) is 9.41. The fourth-order valence-electron chi connectivity index (χ4n) is 1.18. The maximum absolute atomic E-state index is 11.5. The van der Waals surface area contributed by atoms with E-state index < -0.39 is 5.60 Å². The molecule has 0 saturated heterocycles. The van der Waals surface area contributed by atoms with Crippen molar-refractivity contribution in [2.75, 3.05) is 5.73 Å². The first-order chi connectivity index (χ1) is 6.87. The molecular formula is C12H17NO2. The second kappa shape index (κ2) is 4.34. The van der Waals surface area contributed by atoms with Gasteiger partial charge in [-0.3, -0.25) is 4.79 Å². The Bertz CT molecular complexity index is 336. The van der Waals surface area contributed by atoms with E-state index in [2.05, 4.69) is 0 Å². The SMILES string of the molecule is CC(C)(C)OC(=O)Cc1ccc(N)cc1. The van der Waals surface area contributed by atoms with Crippen LogP contribution in [-0.2, 0) is 16.0 Å². The van der Waals surface area contributed by atoms with Gasteiger partial charge in [-0.2, -0.15) is 0 Å². The van der Waals surface area contributed by atoms with Crippen molar-refractivity contribution in [3.05, 3.63) is 29.8 Å². The van der Waals surface area contributed by atoms with E-state index in [0.717, 1.165) is 5.56 Å². The highest BCUT2D eigenvalue weighted by atomic mass is 16.6. The lowest BCUT2D eigenvalue weighted by molar-refractivity contribution is -0.153. The molecule has 3 heteroatoms. The lowest BCUT2D eigenvalue weighted by Crippen LogP contribution is -2.24. The molecule has 0 saturated carbocycles. The van der Waals surface area contributed by atoms with Gasteiger partial charge in [0.25, 0.3) is 0 Å². The van der Waals surface area contributed by atoms with Gasteiger partial charge < -0.3 is 10.5 Å². The monoisotopic (exact) mass is 207 g/mol. The van der Waals surface area contributed by atoms with Crippen LogP contribution in [-0.4, -0.2) is 11.6 Å². The molecule has 0 aromatic heterocycles. The summed E-state index contributed by atoms with van der Waals surface area (Å²) in [6.07, 6.45) is 0.289. The normalized spacial score (nSPS) is 11.1. The molecule has 1 aromatic rings. The molecular weight excluding hydrogens is 190 g/mol. The van der Waals surface area contributed by atoms with E-state index >= 15 is 0 Å². The van der Waals surface area contributed by atoms with Crippen molar-refractivity contribution in [2.24, 2.45) is 0 Å². The van der Waals surface area contributed by atoms with Crippen LogP contribution in [0.15, 0.2) is 24.3 Å². The number of carbonyl (C=O) groups is 1. The van der Waals surface area contributed by atoms with E-state index in [9.17, 15) is 4.79 Å². The van der Waals surface area contributed by atoms with Gasteiger partial charge in [0.05, 0.1) is 6.42 Å².